The van der Waals surface area contributed by atoms with E-state index in [0.29, 0.717) is 0 Å². The standard InChI is InChI=1S/C18H37N3/c1-4-9-19-14-18(16(2)3)21-12-7-17(8-13-21)15-20-10-5-6-11-20/h16-19H,4-15H2,1-3H3. The van der Waals surface area contributed by atoms with Crippen molar-refractivity contribution in [3.8, 4) is 0 Å². The van der Waals surface area contributed by atoms with Gasteiger partial charge < -0.3 is 10.2 Å². The SMILES string of the molecule is CCCNCC(C(C)C)N1CCC(CN2CCCC2)CC1. The van der Waals surface area contributed by atoms with Crippen LogP contribution in [0.25, 0.3) is 0 Å². The molecule has 2 fully saturated rings. The maximum atomic E-state index is 3.63. The highest BCUT2D eigenvalue weighted by Gasteiger charge is 2.28. The Morgan fingerprint density at radius 3 is 2.29 bits per heavy atom. The second kappa shape index (κ2) is 9.12. The first-order chi connectivity index (χ1) is 10.2. The van der Waals surface area contributed by atoms with Gasteiger partial charge in [-0.3, -0.25) is 4.90 Å². The molecule has 0 radical (unpaired) electrons. The summed E-state index contributed by atoms with van der Waals surface area (Å²) in [5.74, 6) is 1.71. The zero-order valence-corrected chi connectivity index (χ0v) is 14.6. The lowest BCUT2D eigenvalue weighted by Crippen LogP contribution is -2.49. The van der Waals surface area contributed by atoms with Crippen LogP contribution in [-0.2, 0) is 0 Å². The van der Waals surface area contributed by atoms with Crippen molar-refractivity contribution in [2.75, 3.05) is 45.8 Å². The summed E-state index contributed by atoms with van der Waals surface area (Å²) >= 11 is 0. The van der Waals surface area contributed by atoms with E-state index >= 15 is 0 Å². The first-order valence-corrected chi connectivity index (χ1v) is 9.37. The average molecular weight is 296 g/mol. The summed E-state index contributed by atoms with van der Waals surface area (Å²) in [5.41, 5.74) is 0. The smallest absolute Gasteiger partial charge is 0.0243 e. The molecular formula is C18H37N3. The Hall–Kier alpha value is -0.120. The third-order valence-corrected chi connectivity index (χ3v) is 5.38. The summed E-state index contributed by atoms with van der Waals surface area (Å²) in [6, 6.07) is 0.726. The van der Waals surface area contributed by atoms with Crippen molar-refractivity contribution in [2.24, 2.45) is 11.8 Å². The maximum Gasteiger partial charge on any atom is 0.0243 e. The molecule has 0 aliphatic carbocycles. The lowest BCUT2D eigenvalue weighted by Gasteiger charge is -2.40. The number of nitrogens with zero attached hydrogens (tertiary/aromatic N) is 2. The van der Waals surface area contributed by atoms with E-state index in [1.807, 2.05) is 0 Å². The normalized spacial score (nSPS) is 24.0. The van der Waals surface area contributed by atoms with E-state index in [-0.39, 0.29) is 0 Å². The third kappa shape index (κ3) is 5.54. The van der Waals surface area contributed by atoms with Crippen molar-refractivity contribution in [3.63, 3.8) is 0 Å². The van der Waals surface area contributed by atoms with Gasteiger partial charge in [0, 0.05) is 19.1 Å². The maximum absolute atomic E-state index is 3.63. The van der Waals surface area contributed by atoms with Gasteiger partial charge in [0.15, 0.2) is 0 Å². The Morgan fingerprint density at radius 2 is 1.71 bits per heavy atom. The molecule has 1 unspecified atom stereocenters. The summed E-state index contributed by atoms with van der Waals surface area (Å²) in [5, 5.41) is 3.63. The van der Waals surface area contributed by atoms with Crippen molar-refractivity contribution in [1.29, 1.82) is 0 Å². The minimum atomic E-state index is 0.726. The molecule has 0 saturated carbocycles. The molecule has 124 valence electrons. The Kier molecular flexibility index (Phi) is 7.48. The lowest BCUT2D eigenvalue weighted by molar-refractivity contribution is 0.0914. The number of rotatable bonds is 8. The van der Waals surface area contributed by atoms with Crippen molar-refractivity contribution in [3.05, 3.63) is 0 Å². The minimum absolute atomic E-state index is 0.726. The van der Waals surface area contributed by atoms with Crippen LogP contribution in [0.5, 0.6) is 0 Å². The van der Waals surface area contributed by atoms with Gasteiger partial charge in [0.2, 0.25) is 0 Å². The molecule has 2 saturated heterocycles. The van der Waals surface area contributed by atoms with Crippen LogP contribution in [0.2, 0.25) is 0 Å². The van der Waals surface area contributed by atoms with Crippen LogP contribution in [0.3, 0.4) is 0 Å². The highest BCUT2D eigenvalue weighted by atomic mass is 15.2. The van der Waals surface area contributed by atoms with Crippen LogP contribution in [-0.4, -0.2) is 61.7 Å². The summed E-state index contributed by atoms with van der Waals surface area (Å²) in [6.07, 6.45) is 6.92. The Bertz CT molecular complexity index is 266. The monoisotopic (exact) mass is 295 g/mol. The average Bonchev–Trinajstić information content (AvgIpc) is 2.97. The first kappa shape index (κ1) is 17.2. The van der Waals surface area contributed by atoms with Crippen LogP contribution < -0.4 is 5.32 Å². The van der Waals surface area contributed by atoms with E-state index in [1.54, 1.807) is 0 Å². The lowest BCUT2D eigenvalue weighted by atomic mass is 9.92. The summed E-state index contributed by atoms with van der Waals surface area (Å²) in [4.78, 5) is 5.46. The number of hydrogen-bond acceptors (Lipinski definition) is 3. The van der Waals surface area contributed by atoms with Crippen molar-refractivity contribution < 1.29 is 0 Å². The zero-order chi connectivity index (χ0) is 15.1. The quantitative estimate of drug-likeness (QED) is 0.695. The van der Waals surface area contributed by atoms with E-state index in [0.717, 1.165) is 24.4 Å². The molecule has 0 amide bonds. The van der Waals surface area contributed by atoms with Crippen molar-refractivity contribution >= 4 is 0 Å². The van der Waals surface area contributed by atoms with Gasteiger partial charge in [0.05, 0.1) is 0 Å². The molecule has 2 heterocycles. The predicted molar refractivity (Wildman–Crippen MR) is 91.8 cm³/mol. The van der Waals surface area contributed by atoms with Crippen LogP contribution >= 0.6 is 0 Å². The molecule has 0 aromatic rings. The van der Waals surface area contributed by atoms with E-state index in [1.165, 1.54) is 71.4 Å². The van der Waals surface area contributed by atoms with Crippen LogP contribution in [0, 0.1) is 11.8 Å². The van der Waals surface area contributed by atoms with Crippen molar-refractivity contribution in [1.82, 2.24) is 15.1 Å². The molecule has 0 aromatic heterocycles. The van der Waals surface area contributed by atoms with Crippen LogP contribution in [0.1, 0.15) is 52.9 Å². The summed E-state index contributed by atoms with van der Waals surface area (Å²) < 4.78 is 0. The largest absolute Gasteiger partial charge is 0.315 e. The summed E-state index contributed by atoms with van der Waals surface area (Å²) in [6.45, 7) is 16.1. The molecule has 3 nitrogen and oxygen atoms in total. The molecule has 2 aliphatic heterocycles. The molecule has 2 rings (SSSR count). The number of likely N-dealkylation sites (tertiary alicyclic amines) is 2. The fourth-order valence-corrected chi connectivity index (χ4v) is 4.01. The molecule has 1 atom stereocenters. The topological polar surface area (TPSA) is 18.5 Å². The Morgan fingerprint density at radius 1 is 1.05 bits per heavy atom. The number of piperidine rings is 1. The predicted octanol–water partition coefficient (Wildman–Crippen LogP) is 2.82. The van der Waals surface area contributed by atoms with Gasteiger partial charge in [-0.2, -0.15) is 0 Å². The van der Waals surface area contributed by atoms with Gasteiger partial charge in [0.1, 0.15) is 0 Å². The fourth-order valence-electron chi connectivity index (χ4n) is 4.01. The van der Waals surface area contributed by atoms with E-state index in [9.17, 15) is 0 Å². The van der Waals surface area contributed by atoms with Gasteiger partial charge in [-0.1, -0.05) is 20.8 Å². The zero-order valence-electron chi connectivity index (χ0n) is 14.6. The molecule has 0 aromatic carbocycles. The second-order valence-electron chi connectivity index (χ2n) is 7.50. The van der Waals surface area contributed by atoms with E-state index in [2.05, 4.69) is 35.9 Å². The molecule has 21 heavy (non-hydrogen) atoms. The molecule has 2 aliphatic rings. The number of nitrogens with one attached hydrogen (secondary N) is 1. The Labute approximate surface area is 132 Å². The fraction of sp³-hybridized carbons (Fsp3) is 1.00. The first-order valence-electron chi connectivity index (χ1n) is 9.37. The highest BCUT2D eigenvalue weighted by Crippen LogP contribution is 2.23. The highest BCUT2D eigenvalue weighted by molar-refractivity contribution is 4.83. The van der Waals surface area contributed by atoms with Gasteiger partial charge in [-0.25, -0.2) is 0 Å². The van der Waals surface area contributed by atoms with E-state index in [4.69, 9.17) is 0 Å². The molecule has 0 bridgehead atoms. The summed E-state index contributed by atoms with van der Waals surface area (Å²) in [7, 11) is 0. The second-order valence-corrected chi connectivity index (χ2v) is 7.50. The van der Waals surface area contributed by atoms with Gasteiger partial charge in [-0.15, -0.1) is 0 Å². The molecule has 3 heteroatoms. The molecule has 1 N–H and O–H groups in total. The van der Waals surface area contributed by atoms with Crippen LogP contribution in [0.15, 0.2) is 0 Å². The molecule has 0 spiro atoms. The van der Waals surface area contributed by atoms with Gasteiger partial charge in [0.25, 0.3) is 0 Å². The molecular weight excluding hydrogens is 258 g/mol. The Balaban J connectivity index is 1.72. The van der Waals surface area contributed by atoms with Crippen molar-refractivity contribution in [2.45, 2.75) is 58.9 Å². The van der Waals surface area contributed by atoms with Gasteiger partial charge in [-0.05, 0) is 76.7 Å². The number of hydrogen-bond donors (Lipinski definition) is 1. The van der Waals surface area contributed by atoms with Gasteiger partial charge >= 0.3 is 0 Å². The minimum Gasteiger partial charge on any atom is -0.315 e. The third-order valence-electron chi connectivity index (χ3n) is 5.38. The van der Waals surface area contributed by atoms with E-state index < -0.39 is 0 Å². The van der Waals surface area contributed by atoms with Crippen LogP contribution in [0.4, 0.5) is 0 Å².